The van der Waals surface area contributed by atoms with Crippen molar-refractivity contribution in [2.75, 3.05) is 5.32 Å². The van der Waals surface area contributed by atoms with Crippen LogP contribution in [0.5, 0.6) is 0 Å². The van der Waals surface area contributed by atoms with E-state index in [1.165, 1.54) is 5.56 Å². The van der Waals surface area contributed by atoms with E-state index in [0.29, 0.717) is 24.7 Å². The molecular weight excluding hydrogens is 518 g/mol. The van der Waals surface area contributed by atoms with Crippen molar-refractivity contribution in [1.29, 1.82) is 0 Å². The van der Waals surface area contributed by atoms with Gasteiger partial charge in [0.1, 0.15) is 23.9 Å². The Kier molecular flexibility index (Phi) is 7.39. The number of aryl methyl sites for hydroxylation is 2. The molecule has 6 rings (SSSR count). The zero-order valence-electron chi connectivity index (χ0n) is 23.3. The van der Waals surface area contributed by atoms with Gasteiger partial charge >= 0.3 is 6.03 Å². The molecule has 0 radical (unpaired) electrons. The van der Waals surface area contributed by atoms with E-state index in [4.69, 9.17) is 14.3 Å². The van der Waals surface area contributed by atoms with E-state index in [0.717, 1.165) is 34.7 Å². The maximum atomic E-state index is 13.6. The number of benzene rings is 2. The van der Waals surface area contributed by atoms with Crippen molar-refractivity contribution in [2.24, 2.45) is 7.05 Å². The Morgan fingerprint density at radius 3 is 2.49 bits per heavy atom. The first-order valence-corrected chi connectivity index (χ1v) is 13.7. The zero-order chi connectivity index (χ0) is 28.3. The van der Waals surface area contributed by atoms with Crippen LogP contribution in [0.2, 0.25) is 0 Å². The molecule has 1 fully saturated rings. The van der Waals surface area contributed by atoms with Gasteiger partial charge in [-0.1, -0.05) is 48.5 Å². The summed E-state index contributed by atoms with van der Waals surface area (Å²) in [5.74, 6) is 2.02. The lowest BCUT2D eigenvalue weighted by molar-refractivity contribution is 0.0310. The minimum absolute atomic E-state index is 0.0496. The number of nitrogens with one attached hydrogen (secondary N) is 2. The smallest absolute Gasteiger partial charge is 0.320 e. The zero-order valence-corrected chi connectivity index (χ0v) is 23.3. The van der Waals surface area contributed by atoms with Gasteiger partial charge in [-0.05, 0) is 44.4 Å². The Labute approximate surface area is 238 Å². The normalized spacial score (nSPS) is 18.5. The predicted molar refractivity (Wildman–Crippen MR) is 155 cm³/mol. The number of ether oxygens (including phenoxy) is 1. The fraction of sp³-hybridized carbons (Fsp3) is 0.290. The van der Waals surface area contributed by atoms with Crippen LogP contribution in [-0.2, 0) is 18.4 Å². The number of nitrogens with zero attached hydrogens (tertiary/aromatic N) is 5. The maximum Gasteiger partial charge on any atom is 0.320 e. The van der Waals surface area contributed by atoms with Gasteiger partial charge in [-0.25, -0.2) is 14.5 Å². The first-order chi connectivity index (χ1) is 19.9. The Hall–Kier alpha value is -4.70. The van der Waals surface area contributed by atoms with Gasteiger partial charge in [0.2, 0.25) is 5.89 Å². The van der Waals surface area contributed by atoms with E-state index in [9.17, 15) is 4.79 Å². The van der Waals surface area contributed by atoms with Crippen LogP contribution in [0.1, 0.15) is 41.5 Å². The van der Waals surface area contributed by atoms with E-state index >= 15 is 0 Å². The fourth-order valence-electron chi connectivity index (χ4n) is 5.54. The van der Waals surface area contributed by atoms with Gasteiger partial charge in [0.25, 0.3) is 0 Å². The van der Waals surface area contributed by atoms with Crippen LogP contribution in [-0.4, -0.2) is 42.7 Å². The summed E-state index contributed by atoms with van der Waals surface area (Å²) in [6.07, 6.45) is 6.78. The van der Waals surface area contributed by atoms with Crippen molar-refractivity contribution in [2.45, 2.75) is 51.4 Å². The van der Waals surface area contributed by atoms with Gasteiger partial charge in [-0.15, -0.1) is 0 Å². The molecule has 210 valence electrons. The first kappa shape index (κ1) is 26.5. The van der Waals surface area contributed by atoms with Crippen LogP contribution in [0.3, 0.4) is 0 Å². The molecule has 0 bridgehead atoms. The number of aromatic nitrogens is 5. The predicted octanol–water partition coefficient (Wildman–Crippen LogP) is 5.53. The molecule has 0 spiro atoms. The number of carbonyl (C=O) groups excluding carboxylic acids is 1. The molecule has 3 atom stereocenters. The van der Waals surface area contributed by atoms with Crippen LogP contribution < -0.4 is 10.6 Å². The average molecular weight is 552 g/mol. The lowest BCUT2D eigenvalue weighted by Crippen LogP contribution is -2.40. The lowest BCUT2D eigenvalue weighted by atomic mass is 9.94. The summed E-state index contributed by atoms with van der Waals surface area (Å²) < 4.78 is 15.3. The van der Waals surface area contributed by atoms with Crippen molar-refractivity contribution < 1.29 is 13.9 Å². The highest BCUT2D eigenvalue weighted by Crippen LogP contribution is 2.37. The van der Waals surface area contributed by atoms with Crippen molar-refractivity contribution in [1.82, 2.24) is 29.9 Å². The van der Waals surface area contributed by atoms with Gasteiger partial charge in [0, 0.05) is 36.3 Å². The van der Waals surface area contributed by atoms with Crippen LogP contribution >= 0.6 is 0 Å². The van der Waals surface area contributed by atoms with Gasteiger partial charge in [-0.2, -0.15) is 10.2 Å². The largest absolute Gasteiger partial charge is 0.443 e. The molecule has 10 heteroatoms. The third-order valence-electron chi connectivity index (χ3n) is 7.51. The van der Waals surface area contributed by atoms with Crippen molar-refractivity contribution in [3.8, 4) is 16.9 Å². The van der Waals surface area contributed by atoms with Crippen LogP contribution in [0.15, 0.2) is 83.7 Å². The van der Waals surface area contributed by atoms with Gasteiger partial charge < -0.3 is 14.5 Å². The second kappa shape index (κ2) is 11.4. The summed E-state index contributed by atoms with van der Waals surface area (Å²) in [4.78, 5) is 17.8. The fourth-order valence-corrected chi connectivity index (χ4v) is 5.54. The minimum Gasteiger partial charge on any atom is -0.443 e. The third kappa shape index (κ3) is 5.78. The Morgan fingerprint density at radius 2 is 1.80 bits per heavy atom. The summed E-state index contributed by atoms with van der Waals surface area (Å²) >= 11 is 0. The number of carbonyl (C=O) groups is 1. The van der Waals surface area contributed by atoms with E-state index in [-0.39, 0.29) is 24.1 Å². The molecule has 1 saturated carbocycles. The number of para-hydroxylation sites is 1. The SMILES string of the molecule is Cc1cnc(CO[C@@H]2C[C@@H](NC(=O)Nc3c(C)c(-c4cnn(C)c4)nn3-c3ccccc3)[C@H](c3ccccc3)C2)o1. The summed E-state index contributed by atoms with van der Waals surface area (Å²) in [5, 5.41) is 15.5. The number of oxazole rings is 1. The van der Waals surface area contributed by atoms with Gasteiger partial charge in [0.15, 0.2) is 0 Å². The number of rotatable bonds is 8. The van der Waals surface area contributed by atoms with E-state index in [1.54, 1.807) is 21.8 Å². The van der Waals surface area contributed by atoms with Crippen molar-refractivity contribution in [3.63, 3.8) is 0 Å². The molecule has 10 nitrogen and oxygen atoms in total. The Bertz CT molecular complexity index is 1620. The van der Waals surface area contributed by atoms with Crippen LogP contribution in [0.25, 0.3) is 16.9 Å². The molecule has 2 N–H and O–H groups in total. The summed E-state index contributed by atoms with van der Waals surface area (Å²) in [6.45, 7) is 4.12. The standard InChI is InChI=1S/C31H33N7O3/c1-20-16-32-28(41-20)19-40-25-14-26(22-10-6-4-7-11-22)27(15-25)34-31(39)35-30-21(2)29(23-17-33-37(3)18-23)36-38(30)24-12-8-5-9-13-24/h4-13,16-18,25-27H,14-15,19H2,1-3H3,(H2,34,35,39)/t25-,26-,27+/m0/s1. The third-order valence-corrected chi connectivity index (χ3v) is 7.51. The second-order valence-corrected chi connectivity index (χ2v) is 10.5. The molecule has 3 heterocycles. The molecule has 5 aromatic rings. The van der Waals surface area contributed by atoms with E-state index in [1.807, 2.05) is 75.6 Å². The lowest BCUT2D eigenvalue weighted by Gasteiger charge is -2.21. The number of hydrogen-bond acceptors (Lipinski definition) is 6. The molecule has 0 unspecified atom stereocenters. The highest BCUT2D eigenvalue weighted by atomic mass is 16.5. The molecule has 1 aliphatic carbocycles. The number of anilines is 1. The van der Waals surface area contributed by atoms with Crippen LogP contribution in [0.4, 0.5) is 10.6 Å². The number of amides is 2. The second-order valence-electron chi connectivity index (χ2n) is 10.5. The average Bonchev–Trinajstić information content (AvgIpc) is 3.77. The summed E-state index contributed by atoms with van der Waals surface area (Å²) in [5.41, 5.74) is 4.50. The molecule has 3 aromatic heterocycles. The molecule has 1 aliphatic rings. The summed E-state index contributed by atoms with van der Waals surface area (Å²) in [7, 11) is 1.87. The molecule has 0 saturated heterocycles. The van der Waals surface area contributed by atoms with E-state index < -0.39 is 0 Å². The van der Waals surface area contributed by atoms with Crippen molar-refractivity contribution >= 4 is 11.8 Å². The molecule has 2 amide bonds. The molecule has 2 aromatic carbocycles. The van der Waals surface area contributed by atoms with Gasteiger partial charge in [0.05, 0.1) is 24.2 Å². The maximum absolute atomic E-state index is 13.6. The summed E-state index contributed by atoms with van der Waals surface area (Å²) in [6, 6.07) is 19.6. The molecular formula is C31H33N7O3. The highest BCUT2D eigenvalue weighted by Gasteiger charge is 2.37. The highest BCUT2D eigenvalue weighted by molar-refractivity contribution is 5.91. The monoisotopic (exact) mass is 551 g/mol. The number of urea groups is 1. The molecule has 41 heavy (non-hydrogen) atoms. The Morgan fingerprint density at radius 1 is 1.05 bits per heavy atom. The minimum atomic E-state index is -0.294. The number of hydrogen-bond donors (Lipinski definition) is 2. The van der Waals surface area contributed by atoms with Crippen LogP contribution in [0, 0.1) is 13.8 Å². The van der Waals surface area contributed by atoms with Crippen molar-refractivity contribution in [3.05, 3.63) is 102 Å². The van der Waals surface area contributed by atoms with Gasteiger partial charge in [-0.3, -0.25) is 10.00 Å². The quantitative estimate of drug-likeness (QED) is 0.262. The molecule has 0 aliphatic heterocycles. The Balaban J connectivity index is 1.23. The first-order valence-electron chi connectivity index (χ1n) is 13.7. The topological polar surface area (TPSA) is 112 Å². The van der Waals surface area contributed by atoms with E-state index in [2.05, 4.69) is 32.8 Å².